The molecule has 0 radical (unpaired) electrons. The maximum absolute atomic E-state index is 4.44. The van der Waals surface area contributed by atoms with Gasteiger partial charge in [0.15, 0.2) is 5.82 Å². The Labute approximate surface area is 125 Å². The predicted molar refractivity (Wildman–Crippen MR) is 86.4 cm³/mol. The van der Waals surface area contributed by atoms with E-state index in [1.54, 1.807) is 0 Å². The number of H-pyrrole nitrogens is 1. The molecule has 2 aliphatic heterocycles. The van der Waals surface area contributed by atoms with Gasteiger partial charge in [-0.25, -0.2) is 0 Å². The molecule has 3 rings (SSSR count). The molecule has 6 heteroatoms. The summed E-state index contributed by atoms with van der Waals surface area (Å²) < 4.78 is 0. The van der Waals surface area contributed by atoms with Crippen molar-refractivity contribution in [1.82, 2.24) is 20.4 Å². The molecule has 0 aliphatic carbocycles. The fraction of sp³-hybridized carbons (Fsp3) is 0.533. The average molecular weight is 288 g/mol. The monoisotopic (exact) mass is 288 g/mol. The Morgan fingerprint density at radius 3 is 2.71 bits per heavy atom. The molecule has 1 aromatic rings. The van der Waals surface area contributed by atoms with Crippen molar-refractivity contribution in [3.8, 4) is 0 Å². The zero-order valence-corrected chi connectivity index (χ0v) is 13.0. The minimum Gasteiger partial charge on any atom is -0.385 e. The van der Waals surface area contributed by atoms with Gasteiger partial charge in [0.05, 0.1) is 0 Å². The standard InChI is InChI=1S/C15H24N6/c1-11-10-16-12(2)8-13(11)17-14-9-15(19-18-14)21-6-4-20(3)5-7-21/h8-9,16H,4-7,10H2,1-3H3,(H2,17,18,19). The summed E-state index contributed by atoms with van der Waals surface area (Å²) in [6, 6.07) is 2.09. The first kappa shape index (κ1) is 14.0. The predicted octanol–water partition coefficient (Wildman–Crippen LogP) is 1.35. The highest BCUT2D eigenvalue weighted by Gasteiger charge is 2.17. The van der Waals surface area contributed by atoms with Gasteiger partial charge < -0.3 is 20.4 Å². The highest BCUT2D eigenvalue weighted by Crippen LogP contribution is 2.20. The minimum atomic E-state index is 0.893. The fourth-order valence-electron chi connectivity index (χ4n) is 2.62. The smallest absolute Gasteiger partial charge is 0.152 e. The summed E-state index contributed by atoms with van der Waals surface area (Å²) in [5.41, 5.74) is 3.64. The van der Waals surface area contributed by atoms with Crippen molar-refractivity contribution in [3.05, 3.63) is 29.1 Å². The number of piperazine rings is 1. The number of nitrogens with one attached hydrogen (secondary N) is 3. The molecule has 0 amide bonds. The SMILES string of the molecule is CC1=CC(Nc2cc(N3CCN(C)CC3)n[nH]2)=C(C)CN1. The molecule has 2 aliphatic rings. The Kier molecular flexibility index (Phi) is 3.88. The maximum atomic E-state index is 4.44. The van der Waals surface area contributed by atoms with Crippen molar-refractivity contribution in [2.75, 3.05) is 50.0 Å². The number of likely N-dealkylation sites (N-methyl/N-ethyl adjacent to an activating group) is 1. The van der Waals surface area contributed by atoms with Crippen molar-refractivity contribution in [2.24, 2.45) is 0 Å². The average Bonchev–Trinajstić information content (AvgIpc) is 2.92. The molecule has 1 fully saturated rings. The number of anilines is 2. The van der Waals surface area contributed by atoms with E-state index >= 15 is 0 Å². The highest BCUT2D eigenvalue weighted by atomic mass is 15.3. The van der Waals surface area contributed by atoms with Gasteiger partial charge in [-0.15, -0.1) is 0 Å². The summed E-state index contributed by atoms with van der Waals surface area (Å²) in [5, 5.41) is 14.3. The van der Waals surface area contributed by atoms with Gasteiger partial charge in [0.2, 0.25) is 0 Å². The molecule has 0 atom stereocenters. The molecular weight excluding hydrogens is 264 g/mol. The lowest BCUT2D eigenvalue weighted by molar-refractivity contribution is 0.312. The third-order valence-electron chi connectivity index (χ3n) is 4.11. The Hall–Kier alpha value is -1.95. The molecule has 1 saturated heterocycles. The van der Waals surface area contributed by atoms with E-state index in [2.05, 4.69) is 63.7 Å². The lowest BCUT2D eigenvalue weighted by atomic mass is 10.1. The number of rotatable bonds is 3. The number of aromatic amines is 1. The van der Waals surface area contributed by atoms with Crippen molar-refractivity contribution in [1.29, 1.82) is 0 Å². The van der Waals surface area contributed by atoms with Gasteiger partial charge in [-0.1, -0.05) is 0 Å². The fourth-order valence-corrected chi connectivity index (χ4v) is 2.62. The van der Waals surface area contributed by atoms with Crippen LogP contribution >= 0.6 is 0 Å². The van der Waals surface area contributed by atoms with Crippen molar-refractivity contribution >= 4 is 11.6 Å². The van der Waals surface area contributed by atoms with Crippen LogP contribution in [0.25, 0.3) is 0 Å². The second kappa shape index (κ2) is 5.81. The topological polar surface area (TPSA) is 59.2 Å². The molecule has 0 bridgehead atoms. The van der Waals surface area contributed by atoms with Crippen LogP contribution < -0.4 is 15.5 Å². The Morgan fingerprint density at radius 1 is 1.19 bits per heavy atom. The van der Waals surface area contributed by atoms with Crippen LogP contribution in [0.5, 0.6) is 0 Å². The second-order valence-electron chi connectivity index (χ2n) is 5.93. The lowest BCUT2D eigenvalue weighted by Gasteiger charge is -2.32. The van der Waals surface area contributed by atoms with Gasteiger partial charge in [0.1, 0.15) is 5.82 Å². The van der Waals surface area contributed by atoms with E-state index in [-0.39, 0.29) is 0 Å². The van der Waals surface area contributed by atoms with Crippen molar-refractivity contribution in [3.63, 3.8) is 0 Å². The van der Waals surface area contributed by atoms with Crippen molar-refractivity contribution < 1.29 is 0 Å². The van der Waals surface area contributed by atoms with Crippen LogP contribution in [-0.2, 0) is 0 Å². The summed E-state index contributed by atoms with van der Waals surface area (Å²) in [4.78, 5) is 4.67. The number of hydrogen-bond acceptors (Lipinski definition) is 5. The third-order valence-corrected chi connectivity index (χ3v) is 4.11. The molecule has 0 unspecified atom stereocenters. The third kappa shape index (κ3) is 3.21. The number of dihydropyridines is 1. The van der Waals surface area contributed by atoms with E-state index < -0.39 is 0 Å². The van der Waals surface area contributed by atoms with Crippen LogP contribution in [0, 0.1) is 0 Å². The molecule has 21 heavy (non-hydrogen) atoms. The largest absolute Gasteiger partial charge is 0.385 e. The molecule has 3 N–H and O–H groups in total. The molecule has 6 nitrogen and oxygen atoms in total. The molecule has 0 saturated carbocycles. The van der Waals surface area contributed by atoms with E-state index in [1.807, 2.05) is 0 Å². The maximum Gasteiger partial charge on any atom is 0.152 e. The normalized spacial score (nSPS) is 20.3. The van der Waals surface area contributed by atoms with Crippen LogP contribution in [0.4, 0.5) is 11.6 Å². The van der Waals surface area contributed by atoms with Crippen molar-refractivity contribution in [2.45, 2.75) is 13.8 Å². The van der Waals surface area contributed by atoms with E-state index in [9.17, 15) is 0 Å². The van der Waals surface area contributed by atoms with Gasteiger partial charge in [0, 0.05) is 50.2 Å². The van der Waals surface area contributed by atoms with Crippen LogP contribution in [0.1, 0.15) is 13.8 Å². The molecule has 3 heterocycles. The van der Waals surface area contributed by atoms with E-state index in [0.29, 0.717) is 0 Å². The van der Waals surface area contributed by atoms with Gasteiger partial charge in [0.25, 0.3) is 0 Å². The minimum absolute atomic E-state index is 0.893. The zero-order valence-electron chi connectivity index (χ0n) is 13.0. The first-order chi connectivity index (χ1) is 10.1. The zero-order chi connectivity index (χ0) is 14.8. The molecule has 0 aromatic carbocycles. The summed E-state index contributed by atoms with van der Waals surface area (Å²) >= 11 is 0. The number of nitrogens with zero attached hydrogens (tertiary/aromatic N) is 3. The van der Waals surface area contributed by atoms with E-state index in [0.717, 1.165) is 50.1 Å². The highest BCUT2D eigenvalue weighted by molar-refractivity contribution is 5.55. The van der Waals surface area contributed by atoms with E-state index in [4.69, 9.17) is 0 Å². The van der Waals surface area contributed by atoms with E-state index in [1.165, 1.54) is 11.3 Å². The number of hydrogen-bond donors (Lipinski definition) is 3. The Bertz CT molecular complexity index is 562. The lowest BCUT2D eigenvalue weighted by Crippen LogP contribution is -2.44. The molecule has 1 aromatic heterocycles. The quantitative estimate of drug-likeness (QED) is 0.784. The van der Waals surface area contributed by atoms with Crippen LogP contribution in [0.2, 0.25) is 0 Å². The molecule has 114 valence electrons. The Morgan fingerprint density at radius 2 is 1.95 bits per heavy atom. The molecular formula is C15H24N6. The van der Waals surface area contributed by atoms with Gasteiger partial charge >= 0.3 is 0 Å². The van der Waals surface area contributed by atoms with Gasteiger partial charge in [-0.2, -0.15) is 5.10 Å². The second-order valence-corrected chi connectivity index (χ2v) is 5.93. The summed E-state index contributed by atoms with van der Waals surface area (Å²) in [6.07, 6.45) is 2.13. The summed E-state index contributed by atoms with van der Waals surface area (Å²) in [5.74, 6) is 1.97. The first-order valence-corrected chi connectivity index (χ1v) is 7.49. The van der Waals surface area contributed by atoms with Crippen LogP contribution in [-0.4, -0.2) is 54.9 Å². The van der Waals surface area contributed by atoms with Gasteiger partial charge in [-0.3, -0.25) is 5.10 Å². The first-order valence-electron chi connectivity index (χ1n) is 7.49. The molecule has 0 spiro atoms. The van der Waals surface area contributed by atoms with Crippen LogP contribution in [0.15, 0.2) is 29.1 Å². The summed E-state index contributed by atoms with van der Waals surface area (Å²) in [6.45, 7) is 9.36. The summed E-state index contributed by atoms with van der Waals surface area (Å²) in [7, 11) is 2.16. The van der Waals surface area contributed by atoms with Gasteiger partial charge in [-0.05, 0) is 32.5 Å². The number of aromatic nitrogens is 2. The Balaban J connectivity index is 1.68. The number of allylic oxidation sites excluding steroid dienone is 2. The van der Waals surface area contributed by atoms with Crippen LogP contribution in [0.3, 0.4) is 0 Å².